The van der Waals surface area contributed by atoms with Gasteiger partial charge in [-0.1, -0.05) is 11.6 Å². The zero-order valence-electron chi connectivity index (χ0n) is 13.0. The van der Waals surface area contributed by atoms with E-state index in [0.717, 1.165) is 0 Å². The summed E-state index contributed by atoms with van der Waals surface area (Å²) in [4.78, 5) is 16.6. The summed E-state index contributed by atoms with van der Waals surface area (Å²) in [6.45, 7) is 0.963. The Morgan fingerprint density at radius 3 is 2.76 bits per heavy atom. The molecule has 1 aliphatic heterocycles. The minimum Gasteiger partial charge on any atom is -0.486 e. The lowest BCUT2D eigenvalue weighted by Crippen LogP contribution is -2.17. The summed E-state index contributed by atoms with van der Waals surface area (Å²) in [5.41, 5.74) is 1.64. The lowest BCUT2D eigenvalue weighted by molar-refractivity contribution is 0.102. The van der Waals surface area contributed by atoms with Crippen molar-refractivity contribution in [3.63, 3.8) is 0 Å². The molecule has 0 fully saturated rings. The molecule has 25 heavy (non-hydrogen) atoms. The van der Waals surface area contributed by atoms with Gasteiger partial charge in [-0.3, -0.25) is 4.79 Å². The van der Waals surface area contributed by atoms with E-state index in [-0.39, 0.29) is 5.91 Å². The maximum Gasteiger partial charge on any atom is 0.255 e. The number of halogens is 1. The van der Waals surface area contributed by atoms with E-state index >= 15 is 0 Å². The van der Waals surface area contributed by atoms with Crippen LogP contribution < -0.4 is 14.8 Å². The number of benzene rings is 2. The monoisotopic (exact) mass is 356 g/mol. The van der Waals surface area contributed by atoms with E-state index in [1.807, 2.05) is 0 Å². The fourth-order valence-electron chi connectivity index (χ4n) is 2.52. The summed E-state index contributed by atoms with van der Waals surface area (Å²) < 4.78 is 12.5. The molecule has 2 aromatic carbocycles. The number of aromatic nitrogens is 3. The second-order valence-corrected chi connectivity index (χ2v) is 5.75. The second-order valence-electron chi connectivity index (χ2n) is 5.31. The zero-order valence-corrected chi connectivity index (χ0v) is 13.7. The third-order valence-corrected chi connectivity index (χ3v) is 3.91. The molecule has 0 atom stereocenters. The first-order chi connectivity index (χ1) is 12.2. The molecular weight excluding hydrogens is 344 g/mol. The molecule has 2 heterocycles. The highest BCUT2D eigenvalue weighted by Gasteiger charge is 2.16. The van der Waals surface area contributed by atoms with Gasteiger partial charge in [0.15, 0.2) is 11.5 Å². The number of nitrogens with one attached hydrogen (secondary N) is 1. The van der Waals surface area contributed by atoms with Gasteiger partial charge in [-0.15, -0.1) is 0 Å². The van der Waals surface area contributed by atoms with Crippen LogP contribution in [0.1, 0.15) is 10.4 Å². The van der Waals surface area contributed by atoms with Crippen molar-refractivity contribution in [1.29, 1.82) is 0 Å². The molecule has 8 heteroatoms. The minimum absolute atomic E-state index is 0.291. The molecule has 126 valence electrons. The van der Waals surface area contributed by atoms with Gasteiger partial charge >= 0.3 is 0 Å². The molecule has 0 aliphatic carbocycles. The van der Waals surface area contributed by atoms with Crippen molar-refractivity contribution in [2.24, 2.45) is 0 Å². The molecule has 1 amide bonds. The van der Waals surface area contributed by atoms with Gasteiger partial charge in [0.1, 0.15) is 25.9 Å². The van der Waals surface area contributed by atoms with E-state index in [0.29, 0.717) is 46.7 Å². The van der Waals surface area contributed by atoms with E-state index in [4.69, 9.17) is 21.1 Å². The van der Waals surface area contributed by atoms with E-state index in [1.165, 1.54) is 6.33 Å². The standard InChI is InChI=1S/C17H13ClN4O3/c18-12-2-3-14(22-10-19-9-20-22)13(8-12)21-17(23)11-1-4-15-16(7-11)25-6-5-24-15/h1-4,7-10H,5-6H2,(H,21,23). The van der Waals surface area contributed by atoms with E-state index < -0.39 is 0 Å². The molecule has 0 unspecified atom stereocenters. The number of hydrogen-bond donors (Lipinski definition) is 1. The number of rotatable bonds is 3. The topological polar surface area (TPSA) is 78.3 Å². The molecule has 1 aliphatic rings. The van der Waals surface area contributed by atoms with Gasteiger partial charge in [0, 0.05) is 10.6 Å². The van der Waals surface area contributed by atoms with Crippen LogP contribution in [0.3, 0.4) is 0 Å². The Morgan fingerprint density at radius 2 is 1.96 bits per heavy atom. The molecule has 3 aromatic rings. The largest absolute Gasteiger partial charge is 0.486 e. The van der Waals surface area contributed by atoms with Gasteiger partial charge in [-0.25, -0.2) is 9.67 Å². The first kappa shape index (κ1) is 15.5. The Bertz CT molecular complexity index is 928. The number of amides is 1. The molecule has 0 bridgehead atoms. The second kappa shape index (κ2) is 6.45. The Balaban J connectivity index is 1.64. The predicted octanol–water partition coefficient (Wildman–Crippen LogP) is 2.94. The van der Waals surface area contributed by atoms with Crippen molar-refractivity contribution in [3.8, 4) is 17.2 Å². The van der Waals surface area contributed by atoms with Crippen LogP contribution in [0.25, 0.3) is 5.69 Å². The number of nitrogens with zero attached hydrogens (tertiary/aromatic N) is 3. The molecule has 0 radical (unpaired) electrons. The van der Waals surface area contributed by atoms with Crippen LogP contribution in [0, 0.1) is 0 Å². The quantitative estimate of drug-likeness (QED) is 0.780. The maximum atomic E-state index is 12.6. The first-order valence-corrected chi connectivity index (χ1v) is 7.94. The molecule has 4 rings (SSSR count). The average molecular weight is 357 g/mol. The third-order valence-electron chi connectivity index (χ3n) is 3.68. The smallest absolute Gasteiger partial charge is 0.255 e. The van der Waals surface area contributed by atoms with Gasteiger partial charge in [-0.05, 0) is 36.4 Å². The highest BCUT2D eigenvalue weighted by atomic mass is 35.5. The Morgan fingerprint density at radius 1 is 1.12 bits per heavy atom. The van der Waals surface area contributed by atoms with Crippen molar-refractivity contribution in [2.75, 3.05) is 18.5 Å². The Labute approximate surface area is 148 Å². The number of carbonyl (C=O) groups excluding carboxylic acids is 1. The highest BCUT2D eigenvalue weighted by molar-refractivity contribution is 6.31. The SMILES string of the molecule is O=C(Nc1cc(Cl)ccc1-n1cncn1)c1ccc2c(c1)OCCO2. The maximum absolute atomic E-state index is 12.6. The predicted molar refractivity (Wildman–Crippen MR) is 91.8 cm³/mol. The van der Waals surface area contributed by atoms with Crippen LogP contribution in [-0.4, -0.2) is 33.9 Å². The normalized spacial score (nSPS) is 12.7. The van der Waals surface area contributed by atoms with Gasteiger partial charge in [0.05, 0.1) is 11.4 Å². The minimum atomic E-state index is -0.291. The lowest BCUT2D eigenvalue weighted by atomic mass is 10.1. The van der Waals surface area contributed by atoms with Crippen molar-refractivity contribution in [1.82, 2.24) is 14.8 Å². The summed E-state index contributed by atoms with van der Waals surface area (Å²) in [6.07, 6.45) is 2.96. The molecule has 0 saturated heterocycles. The van der Waals surface area contributed by atoms with E-state index in [2.05, 4.69) is 15.4 Å². The summed E-state index contributed by atoms with van der Waals surface area (Å²) >= 11 is 6.07. The number of ether oxygens (including phenoxy) is 2. The fourth-order valence-corrected chi connectivity index (χ4v) is 2.69. The molecule has 1 aromatic heterocycles. The number of hydrogen-bond acceptors (Lipinski definition) is 5. The summed E-state index contributed by atoms with van der Waals surface area (Å²) in [7, 11) is 0. The van der Waals surface area contributed by atoms with Crippen LogP contribution in [-0.2, 0) is 0 Å². The molecule has 1 N–H and O–H groups in total. The number of anilines is 1. The first-order valence-electron chi connectivity index (χ1n) is 7.56. The number of carbonyl (C=O) groups is 1. The fraction of sp³-hybridized carbons (Fsp3) is 0.118. The van der Waals surface area contributed by atoms with Crippen molar-refractivity contribution in [2.45, 2.75) is 0 Å². The average Bonchev–Trinajstić information content (AvgIpc) is 3.16. The van der Waals surface area contributed by atoms with Crippen molar-refractivity contribution >= 4 is 23.2 Å². The van der Waals surface area contributed by atoms with Crippen molar-refractivity contribution in [3.05, 3.63) is 59.6 Å². The van der Waals surface area contributed by atoms with Gasteiger partial charge in [0.2, 0.25) is 0 Å². The summed E-state index contributed by atoms with van der Waals surface area (Å²) in [5, 5.41) is 7.44. The van der Waals surface area contributed by atoms with Crippen LogP contribution in [0.5, 0.6) is 11.5 Å². The van der Waals surface area contributed by atoms with E-state index in [9.17, 15) is 4.79 Å². The Hall–Kier alpha value is -3.06. The van der Waals surface area contributed by atoms with Crippen LogP contribution >= 0.6 is 11.6 Å². The third kappa shape index (κ3) is 3.14. The van der Waals surface area contributed by atoms with Gasteiger partial charge < -0.3 is 14.8 Å². The Kier molecular flexibility index (Phi) is 3.99. The van der Waals surface area contributed by atoms with Crippen molar-refractivity contribution < 1.29 is 14.3 Å². The van der Waals surface area contributed by atoms with E-state index in [1.54, 1.807) is 47.4 Å². The van der Waals surface area contributed by atoms with Crippen LogP contribution in [0.4, 0.5) is 5.69 Å². The highest BCUT2D eigenvalue weighted by Crippen LogP contribution is 2.31. The molecule has 0 saturated carbocycles. The summed E-state index contributed by atoms with van der Waals surface area (Å²) in [5.74, 6) is 0.899. The molecule has 7 nitrogen and oxygen atoms in total. The van der Waals surface area contributed by atoms with Gasteiger partial charge in [-0.2, -0.15) is 5.10 Å². The van der Waals surface area contributed by atoms with Crippen LogP contribution in [0.15, 0.2) is 49.1 Å². The lowest BCUT2D eigenvalue weighted by Gasteiger charge is -2.19. The number of fused-ring (bicyclic) bond motifs is 1. The zero-order chi connectivity index (χ0) is 17.2. The summed E-state index contributed by atoms with van der Waals surface area (Å²) in [6, 6.07) is 10.2. The van der Waals surface area contributed by atoms with Crippen LogP contribution in [0.2, 0.25) is 5.02 Å². The van der Waals surface area contributed by atoms with Gasteiger partial charge in [0.25, 0.3) is 5.91 Å². The molecular formula is C17H13ClN4O3. The molecule has 0 spiro atoms.